The van der Waals surface area contributed by atoms with Gasteiger partial charge >= 0.3 is 0 Å². The van der Waals surface area contributed by atoms with Crippen molar-refractivity contribution in [2.24, 2.45) is 5.73 Å². The minimum atomic E-state index is 0.255. The molecule has 0 saturated heterocycles. The number of nitrogens with two attached hydrogens (primary N) is 1. The van der Waals surface area contributed by atoms with Crippen molar-refractivity contribution in [2.75, 3.05) is 13.1 Å². The van der Waals surface area contributed by atoms with Gasteiger partial charge in [0.05, 0.1) is 0 Å². The van der Waals surface area contributed by atoms with Crippen LogP contribution in [0.1, 0.15) is 72.1 Å². The number of nitrogens with zero attached hydrogens (tertiary/aromatic N) is 1. The molecule has 0 aromatic heterocycles. The fraction of sp³-hybridized carbons (Fsp3) is 1.00. The van der Waals surface area contributed by atoms with Crippen LogP contribution in [0.25, 0.3) is 0 Å². The molecular weight excluding hydrogens is 208 g/mol. The Hall–Kier alpha value is -0.0800. The van der Waals surface area contributed by atoms with Crippen molar-refractivity contribution in [1.82, 2.24) is 4.90 Å². The molecule has 1 saturated carbocycles. The largest absolute Gasteiger partial charge is 0.329 e. The van der Waals surface area contributed by atoms with Gasteiger partial charge in [-0.05, 0) is 39.2 Å². The van der Waals surface area contributed by atoms with E-state index in [4.69, 9.17) is 5.73 Å². The normalized spacial score (nSPS) is 19.6. The third-order valence-electron chi connectivity index (χ3n) is 4.19. The van der Waals surface area contributed by atoms with Gasteiger partial charge in [0, 0.05) is 18.1 Å². The average Bonchev–Trinajstić information content (AvgIpc) is 3.14. The first-order chi connectivity index (χ1) is 8.18. The van der Waals surface area contributed by atoms with Crippen molar-refractivity contribution in [3.05, 3.63) is 0 Å². The topological polar surface area (TPSA) is 29.3 Å². The Morgan fingerprint density at radius 3 is 2.24 bits per heavy atom. The van der Waals surface area contributed by atoms with Gasteiger partial charge in [-0.1, -0.05) is 39.5 Å². The Labute approximate surface area is 108 Å². The summed E-state index contributed by atoms with van der Waals surface area (Å²) in [6, 6.07) is 0.844. The fourth-order valence-electron chi connectivity index (χ4n) is 2.73. The highest BCUT2D eigenvalue weighted by atomic mass is 15.2. The summed E-state index contributed by atoms with van der Waals surface area (Å²) in [5.41, 5.74) is 6.34. The second kappa shape index (κ2) is 7.38. The molecule has 0 aromatic carbocycles. The minimum absolute atomic E-state index is 0.255. The summed E-state index contributed by atoms with van der Waals surface area (Å²) in [6.07, 6.45) is 10.7. The number of hydrogen-bond donors (Lipinski definition) is 1. The Bertz CT molecular complexity index is 201. The van der Waals surface area contributed by atoms with Crippen molar-refractivity contribution < 1.29 is 0 Å². The van der Waals surface area contributed by atoms with E-state index in [-0.39, 0.29) is 5.54 Å². The maximum atomic E-state index is 6.09. The molecule has 2 nitrogen and oxygen atoms in total. The lowest BCUT2D eigenvalue weighted by Crippen LogP contribution is -2.53. The first-order valence-corrected chi connectivity index (χ1v) is 7.64. The van der Waals surface area contributed by atoms with Crippen molar-refractivity contribution in [2.45, 2.75) is 83.7 Å². The Balaban J connectivity index is 2.51. The highest BCUT2D eigenvalue weighted by Crippen LogP contribution is 2.35. The van der Waals surface area contributed by atoms with Gasteiger partial charge < -0.3 is 5.73 Å². The van der Waals surface area contributed by atoms with Gasteiger partial charge in [0.1, 0.15) is 0 Å². The molecule has 1 aliphatic rings. The van der Waals surface area contributed by atoms with Crippen molar-refractivity contribution in [3.63, 3.8) is 0 Å². The molecule has 0 spiro atoms. The Kier molecular flexibility index (Phi) is 6.50. The molecule has 2 N–H and O–H groups in total. The Morgan fingerprint density at radius 2 is 1.76 bits per heavy atom. The van der Waals surface area contributed by atoms with E-state index in [9.17, 15) is 0 Å². The van der Waals surface area contributed by atoms with Gasteiger partial charge in [0.15, 0.2) is 0 Å². The lowest BCUT2D eigenvalue weighted by Gasteiger charge is -2.41. The zero-order valence-corrected chi connectivity index (χ0v) is 12.2. The maximum Gasteiger partial charge on any atom is 0.0306 e. The van der Waals surface area contributed by atoms with E-state index in [0.717, 1.165) is 12.6 Å². The summed E-state index contributed by atoms with van der Waals surface area (Å²) in [5, 5.41) is 0. The summed E-state index contributed by atoms with van der Waals surface area (Å²) >= 11 is 0. The van der Waals surface area contributed by atoms with Crippen molar-refractivity contribution >= 4 is 0 Å². The van der Waals surface area contributed by atoms with E-state index in [1.807, 2.05) is 0 Å². The molecule has 0 heterocycles. The minimum Gasteiger partial charge on any atom is -0.329 e. The van der Waals surface area contributed by atoms with Crippen LogP contribution in [-0.2, 0) is 0 Å². The monoisotopic (exact) mass is 240 g/mol. The van der Waals surface area contributed by atoms with Crippen LogP contribution in [0, 0.1) is 0 Å². The van der Waals surface area contributed by atoms with Crippen LogP contribution in [-0.4, -0.2) is 29.6 Å². The second-order valence-corrected chi connectivity index (χ2v) is 5.94. The molecule has 0 aromatic rings. The van der Waals surface area contributed by atoms with E-state index in [1.165, 1.54) is 57.9 Å². The zero-order chi connectivity index (χ0) is 12.7. The highest BCUT2D eigenvalue weighted by Gasteiger charge is 2.39. The van der Waals surface area contributed by atoms with E-state index >= 15 is 0 Å². The molecule has 2 heteroatoms. The van der Waals surface area contributed by atoms with Gasteiger partial charge in [-0.15, -0.1) is 0 Å². The Morgan fingerprint density at radius 1 is 1.12 bits per heavy atom. The smallest absolute Gasteiger partial charge is 0.0306 e. The van der Waals surface area contributed by atoms with Crippen molar-refractivity contribution in [1.29, 1.82) is 0 Å². The van der Waals surface area contributed by atoms with E-state index < -0.39 is 0 Å². The molecule has 102 valence electrons. The SMILES string of the molecule is CCCCCC(C)(CN)N(CCCC)C1CC1. The van der Waals surface area contributed by atoms with Gasteiger partial charge in [-0.3, -0.25) is 4.90 Å². The lowest BCUT2D eigenvalue weighted by molar-refractivity contribution is 0.0877. The molecule has 0 aliphatic heterocycles. The van der Waals surface area contributed by atoms with Crippen molar-refractivity contribution in [3.8, 4) is 0 Å². The zero-order valence-electron chi connectivity index (χ0n) is 12.2. The molecule has 1 atom stereocenters. The highest BCUT2D eigenvalue weighted by molar-refractivity contribution is 4.96. The molecule has 0 bridgehead atoms. The van der Waals surface area contributed by atoms with Gasteiger partial charge in [0.25, 0.3) is 0 Å². The third-order valence-corrected chi connectivity index (χ3v) is 4.19. The first kappa shape index (κ1) is 15.0. The molecule has 1 aliphatic carbocycles. The number of hydrogen-bond acceptors (Lipinski definition) is 2. The summed E-state index contributed by atoms with van der Waals surface area (Å²) in [6.45, 7) is 9.01. The van der Waals surface area contributed by atoms with E-state index in [1.54, 1.807) is 0 Å². The maximum absolute atomic E-state index is 6.09. The third kappa shape index (κ3) is 4.59. The van der Waals surface area contributed by atoms with Gasteiger partial charge in [0.2, 0.25) is 0 Å². The summed E-state index contributed by atoms with van der Waals surface area (Å²) in [5.74, 6) is 0. The van der Waals surface area contributed by atoms with Gasteiger partial charge in [-0.25, -0.2) is 0 Å². The molecule has 1 fully saturated rings. The summed E-state index contributed by atoms with van der Waals surface area (Å²) in [4.78, 5) is 2.73. The van der Waals surface area contributed by atoms with Gasteiger partial charge in [-0.2, -0.15) is 0 Å². The summed E-state index contributed by atoms with van der Waals surface area (Å²) < 4.78 is 0. The second-order valence-electron chi connectivity index (χ2n) is 5.94. The molecule has 1 unspecified atom stereocenters. The number of unbranched alkanes of at least 4 members (excludes halogenated alkanes) is 3. The molecule has 0 radical (unpaired) electrons. The molecule has 1 rings (SSSR count). The quantitative estimate of drug-likeness (QED) is 0.592. The first-order valence-electron chi connectivity index (χ1n) is 7.64. The van der Waals surface area contributed by atoms with E-state index in [2.05, 4.69) is 25.7 Å². The predicted molar refractivity (Wildman–Crippen MR) is 76.2 cm³/mol. The van der Waals surface area contributed by atoms with Crippen LogP contribution in [0.3, 0.4) is 0 Å². The summed E-state index contributed by atoms with van der Waals surface area (Å²) in [7, 11) is 0. The fourth-order valence-corrected chi connectivity index (χ4v) is 2.73. The van der Waals surface area contributed by atoms with Crippen LogP contribution >= 0.6 is 0 Å². The predicted octanol–water partition coefficient (Wildman–Crippen LogP) is 3.55. The molecule has 0 amide bonds. The van der Waals surface area contributed by atoms with E-state index in [0.29, 0.717) is 0 Å². The molecular formula is C15H32N2. The van der Waals surface area contributed by atoms with Crippen LogP contribution in [0.4, 0.5) is 0 Å². The average molecular weight is 240 g/mol. The number of rotatable bonds is 10. The van der Waals surface area contributed by atoms with Crippen LogP contribution in [0.2, 0.25) is 0 Å². The lowest BCUT2D eigenvalue weighted by atomic mass is 9.91. The van der Waals surface area contributed by atoms with Crippen LogP contribution in [0.15, 0.2) is 0 Å². The molecule has 17 heavy (non-hydrogen) atoms. The van der Waals surface area contributed by atoms with Crippen LogP contribution in [0.5, 0.6) is 0 Å². The standard InChI is InChI=1S/C15H32N2/c1-4-6-8-11-15(3,13-16)17(12-7-5-2)14-9-10-14/h14H,4-13,16H2,1-3H3. The van der Waals surface area contributed by atoms with Crippen LogP contribution < -0.4 is 5.73 Å².